The minimum atomic E-state index is -0.603. The zero-order valence-electron chi connectivity index (χ0n) is 26.4. The van der Waals surface area contributed by atoms with E-state index in [2.05, 4.69) is 40.7 Å². The molecule has 0 unspecified atom stereocenters. The standard InChI is InChI=1S/C39H34F2N4O/c1-23(2)38-37(36-31(40)13-9-14-32(36)41)39(24(3)4)45(43-38)26-10-8-11-27(21-26)46-28-16-17-30-29-12-6-7-15-33(29)44(34(30)22-28)35-20-25(5)18-19-42-35/h6-24H,1-5H3. The van der Waals surface area contributed by atoms with Crippen molar-refractivity contribution >= 4 is 21.8 Å². The van der Waals surface area contributed by atoms with Crippen molar-refractivity contribution in [1.82, 2.24) is 19.3 Å². The van der Waals surface area contributed by atoms with Crippen molar-refractivity contribution in [3.8, 4) is 34.1 Å². The molecule has 0 fully saturated rings. The van der Waals surface area contributed by atoms with E-state index in [9.17, 15) is 0 Å². The molecule has 0 atom stereocenters. The molecule has 0 N–H and O–H groups in total. The second-order valence-corrected chi connectivity index (χ2v) is 12.3. The summed E-state index contributed by atoms with van der Waals surface area (Å²) in [6.45, 7) is 10.1. The average molecular weight is 613 g/mol. The molecule has 0 bridgehead atoms. The van der Waals surface area contributed by atoms with E-state index in [1.807, 2.05) is 88.5 Å². The number of ether oxygens (including phenoxy) is 1. The van der Waals surface area contributed by atoms with Crippen LogP contribution in [0.1, 0.15) is 56.5 Å². The second-order valence-electron chi connectivity index (χ2n) is 12.3. The quantitative estimate of drug-likeness (QED) is 0.180. The number of fused-ring (bicyclic) bond motifs is 3. The van der Waals surface area contributed by atoms with Gasteiger partial charge in [-0.3, -0.25) is 4.57 Å². The third kappa shape index (κ3) is 5.02. The first-order chi connectivity index (χ1) is 22.2. The van der Waals surface area contributed by atoms with Crippen molar-refractivity contribution in [3.05, 3.63) is 132 Å². The van der Waals surface area contributed by atoms with Gasteiger partial charge in [0.1, 0.15) is 29.0 Å². The van der Waals surface area contributed by atoms with Gasteiger partial charge in [-0.05, 0) is 78.9 Å². The predicted octanol–water partition coefficient (Wildman–Crippen LogP) is 10.7. The molecule has 7 rings (SSSR count). The number of aromatic nitrogens is 4. The molecule has 0 saturated heterocycles. The summed E-state index contributed by atoms with van der Waals surface area (Å²) < 4.78 is 40.8. The summed E-state index contributed by atoms with van der Waals surface area (Å²) in [6, 6.07) is 30.1. The van der Waals surface area contributed by atoms with Crippen molar-refractivity contribution < 1.29 is 13.5 Å². The van der Waals surface area contributed by atoms with Crippen LogP contribution in [0.15, 0.2) is 103 Å². The van der Waals surface area contributed by atoms with Gasteiger partial charge in [0.25, 0.3) is 0 Å². The van der Waals surface area contributed by atoms with Gasteiger partial charge < -0.3 is 4.74 Å². The summed E-state index contributed by atoms with van der Waals surface area (Å²) in [6.07, 6.45) is 1.83. The Morgan fingerprint density at radius 2 is 1.39 bits per heavy atom. The van der Waals surface area contributed by atoms with E-state index in [1.165, 1.54) is 18.2 Å². The molecule has 7 heteroatoms. The largest absolute Gasteiger partial charge is 0.457 e. The first-order valence-corrected chi connectivity index (χ1v) is 15.5. The number of halogens is 2. The minimum Gasteiger partial charge on any atom is -0.457 e. The molecule has 46 heavy (non-hydrogen) atoms. The Morgan fingerprint density at radius 3 is 2.13 bits per heavy atom. The summed E-state index contributed by atoms with van der Waals surface area (Å²) in [5.74, 6) is 0.786. The highest BCUT2D eigenvalue weighted by atomic mass is 19.1. The zero-order valence-corrected chi connectivity index (χ0v) is 26.4. The molecule has 0 aliphatic carbocycles. The SMILES string of the molecule is Cc1ccnc(-n2c3ccccc3c3ccc(Oc4cccc(-n5nc(C(C)C)c(-c6c(F)cccc6F)c5C(C)C)c4)cc32)c1. The maximum Gasteiger partial charge on any atom is 0.137 e. The Balaban J connectivity index is 1.33. The molecule has 0 amide bonds. The average Bonchev–Trinajstić information content (AvgIpc) is 3.58. The van der Waals surface area contributed by atoms with Crippen LogP contribution in [0.2, 0.25) is 0 Å². The van der Waals surface area contributed by atoms with Crippen LogP contribution in [0.5, 0.6) is 11.5 Å². The second kappa shape index (κ2) is 11.6. The molecule has 3 heterocycles. The third-order valence-electron chi connectivity index (χ3n) is 8.33. The first kappa shape index (κ1) is 29.4. The van der Waals surface area contributed by atoms with E-state index in [1.54, 1.807) is 4.68 Å². The minimum absolute atomic E-state index is 0.0413. The summed E-state index contributed by atoms with van der Waals surface area (Å²) in [4.78, 5) is 4.68. The smallest absolute Gasteiger partial charge is 0.137 e. The maximum atomic E-state index is 15.2. The number of benzene rings is 4. The van der Waals surface area contributed by atoms with Crippen molar-refractivity contribution in [2.75, 3.05) is 0 Å². The molecule has 5 nitrogen and oxygen atoms in total. The van der Waals surface area contributed by atoms with E-state index in [-0.39, 0.29) is 17.4 Å². The Hall–Kier alpha value is -5.30. The third-order valence-corrected chi connectivity index (χ3v) is 8.33. The van der Waals surface area contributed by atoms with E-state index in [0.29, 0.717) is 22.8 Å². The van der Waals surface area contributed by atoms with Gasteiger partial charge in [0, 0.05) is 34.7 Å². The number of rotatable bonds is 7. The molecule has 4 aromatic carbocycles. The van der Waals surface area contributed by atoms with Crippen LogP contribution in [0.3, 0.4) is 0 Å². The summed E-state index contributed by atoms with van der Waals surface area (Å²) in [7, 11) is 0. The highest BCUT2D eigenvalue weighted by Crippen LogP contribution is 2.41. The summed E-state index contributed by atoms with van der Waals surface area (Å²) in [5.41, 5.74) is 5.77. The molecule has 0 spiro atoms. The fourth-order valence-electron chi connectivity index (χ4n) is 6.29. The number of hydrogen-bond donors (Lipinski definition) is 0. The van der Waals surface area contributed by atoms with Crippen LogP contribution in [-0.2, 0) is 0 Å². The number of para-hydroxylation sites is 1. The molecule has 3 aromatic heterocycles. The highest BCUT2D eigenvalue weighted by Gasteiger charge is 2.28. The van der Waals surface area contributed by atoms with Crippen LogP contribution in [0, 0.1) is 18.6 Å². The maximum absolute atomic E-state index is 15.2. The van der Waals surface area contributed by atoms with Crippen LogP contribution in [-0.4, -0.2) is 19.3 Å². The lowest BCUT2D eigenvalue weighted by Crippen LogP contribution is -2.05. The predicted molar refractivity (Wildman–Crippen MR) is 180 cm³/mol. The molecular weight excluding hydrogens is 578 g/mol. The lowest BCUT2D eigenvalue weighted by atomic mass is 9.92. The number of aryl methyl sites for hydroxylation is 1. The fraction of sp³-hybridized carbons (Fsp3) is 0.179. The van der Waals surface area contributed by atoms with E-state index >= 15 is 8.78 Å². The Kier molecular flexibility index (Phi) is 7.40. The Bertz CT molecular complexity index is 2230. The molecule has 0 saturated carbocycles. The van der Waals surface area contributed by atoms with Gasteiger partial charge >= 0.3 is 0 Å². The van der Waals surface area contributed by atoms with E-state index < -0.39 is 11.6 Å². The van der Waals surface area contributed by atoms with Gasteiger partial charge in [-0.2, -0.15) is 5.10 Å². The van der Waals surface area contributed by atoms with Crippen LogP contribution < -0.4 is 4.74 Å². The van der Waals surface area contributed by atoms with Crippen molar-refractivity contribution in [2.45, 2.75) is 46.5 Å². The molecule has 0 aliphatic heterocycles. The van der Waals surface area contributed by atoms with Gasteiger partial charge in [0.15, 0.2) is 0 Å². The summed E-state index contributed by atoms with van der Waals surface area (Å²) in [5, 5.41) is 7.18. The van der Waals surface area contributed by atoms with E-state index in [0.717, 1.165) is 44.6 Å². The highest BCUT2D eigenvalue weighted by molar-refractivity contribution is 6.09. The first-order valence-electron chi connectivity index (χ1n) is 15.5. The Labute approximate surface area is 266 Å². The molecule has 7 aromatic rings. The van der Waals surface area contributed by atoms with Gasteiger partial charge in [0.2, 0.25) is 0 Å². The topological polar surface area (TPSA) is 44.9 Å². The van der Waals surface area contributed by atoms with Crippen LogP contribution in [0.25, 0.3) is 44.4 Å². The monoisotopic (exact) mass is 612 g/mol. The van der Waals surface area contributed by atoms with Gasteiger partial charge in [-0.25, -0.2) is 18.4 Å². The van der Waals surface area contributed by atoms with Crippen LogP contribution >= 0.6 is 0 Å². The van der Waals surface area contributed by atoms with Gasteiger partial charge in [-0.1, -0.05) is 58.0 Å². The van der Waals surface area contributed by atoms with Gasteiger partial charge in [-0.15, -0.1) is 0 Å². The van der Waals surface area contributed by atoms with Crippen molar-refractivity contribution in [2.24, 2.45) is 0 Å². The van der Waals surface area contributed by atoms with Gasteiger partial charge in [0.05, 0.1) is 33.7 Å². The number of hydrogen-bond acceptors (Lipinski definition) is 3. The van der Waals surface area contributed by atoms with Crippen LogP contribution in [0.4, 0.5) is 8.78 Å². The number of nitrogens with zero attached hydrogens (tertiary/aromatic N) is 4. The molecule has 0 radical (unpaired) electrons. The lowest BCUT2D eigenvalue weighted by Gasteiger charge is -2.15. The molecule has 0 aliphatic rings. The normalized spacial score (nSPS) is 11.8. The fourth-order valence-corrected chi connectivity index (χ4v) is 6.29. The Morgan fingerprint density at radius 1 is 0.674 bits per heavy atom. The van der Waals surface area contributed by atoms with E-state index in [4.69, 9.17) is 9.84 Å². The van der Waals surface area contributed by atoms with Crippen molar-refractivity contribution in [3.63, 3.8) is 0 Å². The summed E-state index contributed by atoms with van der Waals surface area (Å²) >= 11 is 0. The lowest BCUT2D eigenvalue weighted by molar-refractivity contribution is 0.482. The molecule has 230 valence electrons. The number of pyridine rings is 1. The zero-order chi connectivity index (χ0) is 32.1. The van der Waals surface area contributed by atoms with Crippen molar-refractivity contribution in [1.29, 1.82) is 0 Å². The molecular formula is C39H34F2N4O.